The van der Waals surface area contributed by atoms with Crippen LogP contribution in [0.3, 0.4) is 0 Å². The second-order valence-corrected chi connectivity index (χ2v) is 6.40. The highest BCUT2D eigenvalue weighted by molar-refractivity contribution is 7.11. The molecule has 110 valence electrons. The molecule has 0 saturated heterocycles. The fourth-order valence-electron chi connectivity index (χ4n) is 1.69. The molecule has 0 unspecified atom stereocenters. The number of hydrogen-bond acceptors (Lipinski definition) is 4. The zero-order chi connectivity index (χ0) is 15.6. The zero-order valence-electron chi connectivity index (χ0n) is 10.9. The van der Waals surface area contributed by atoms with Gasteiger partial charge in [0.15, 0.2) is 0 Å². The lowest BCUT2D eigenvalue weighted by atomic mass is 10.2. The summed E-state index contributed by atoms with van der Waals surface area (Å²) in [5.74, 6) is -0.442. The van der Waals surface area contributed by atoms with Crippen LogP contribution in [-0.4, -0.2) is 10.8 Å². The third kappa shape index (κ3) is 3.72. The minimum Gasteiger partial charge on any atom is -0.347 e. The number of rotatable bonds is 4. The van der Waals surface area contributed by atoms with Gasteiger partial charge in [0.25, 0.3) is 11.6 Å². The Bertz CT molecular complexity index is 715. The second kappa shape index (κ2) is 6.43. The molecular weight excluding hydrogens is 335 g/mol. The summed E-state index contributed by atoms with van der Waals surface area (Å²) in [6.45, 7) is 2.32. The van der Waals surface area contributed by atoms with Crippen molar-refractivity contribution in [2.24, 2.45) is 0 Å². The molecular formula is C13H10Cl2N2O3S. The molecule has 0 saturated carbocycles. The van der Waals surface area contributed by atoms with E-state index in [-0.39, 0.29) is 21.3 Å². The third-order valence-corrected chi connectivity index (χ3v) is 4.48. The molecule has 5 nitrogen and oxygen atoms in total. The summed E-state index contributed by atoms with van der Waals surface area (Å²) in [6.07, 6.45) is 0. The SMILES string of the molecule is Cc1ccc(CNC(=O)c2cc(Cl)c(Cl)c([N+](=O)[O-])c2)s1. The van der Waals surface area contributed by atoms with Gasteiger partial charge in [-0.25, -0.2) is 0 Å². The van der Waals surface area contributed by atoms with Gasteiger partial charge < -0.3 is 5.32 Å². The topological polar surface area (TPSA) is 72.2 Å². The van der Waals surface area contributed by atoms with E-state index in [2.05, 4.69) is 5.32 Å². The maximum atomic E-state index is 12.0. The van der Waals surface area contributed by atoms with Crippen molar-refractivity contribution in [2.45, 2.75) is 13.5 Å². The van der Waals surface area contributed by atoms with Gasteiger partial charge >= 0.3 is 0 Å². The largest absolute Gasteiger partial charge is 0.347 e. The maximum absolute atomic E-state index is 12.0. The van der Waals surface area contributed by atoms with Crippen LogP contribution in [0.15, 0.2) is 24.3 Å². The van der Waals surface area contributed by atoms with Crippen molar-refractivity contribution in [2.75, 3.05) is 0 Å². The summed E-state index contributed by atoms with van der Waals surface area (Å²) in [5, 5.41) is 13.4. The number of nitro groups is 1. The normalized spacial score (nSPS) is 10.4. The van der Waals surface area contributed by atoms with E-state index in [1.807, 2.05) is 19.1 Å². The van der Waals surface area contributed by atoms with E-state index in [1.165, 1.54) is 6.07 Å². The number of carbonyl (C=O) groups excluding carboxylic acids is 1. The fraction of sp³-hybridized carbons (Fsp3) is 0.154. The third-order valence-electron chi connectivity index (χ3n) is 2.69. The van der Waals surface area contributed by atoms with Crippen LogP contribution in [0.5, 0.6) is 0 Å². The Morgan fingerprint density at radius 2 is 2.10 bits per heavy atom. The predicted octanol–water partition coefficient (Wildman–Crippen LogP) is 4.20. The van der Waals surface area contributed by atoms with E-state index in [4.69, 9.17) is 23.2 Å². The number of benzene rings is 1. The molecule has 1 aromatic carbocycles. The predicted molar refractivity (Wildman–Crippen MR) is 83.3 cm³/mol. The van der Waals surface area contributed by atoms with Gasteiger partial charge in [0.2, 0.25) is 0 Å². The molecule has 0 aliphatic heterocycles. The molecule has 0 radical (unpaired) electrons. The van der Waals surface area contributed by atoms with Crippen LogP contribution in [0.25, 0.3) is 0 Å². The van der Waals surface area contributed by atoms with E-state index in [9.17, 15) is 14.9 Å². The van der Waals surface area contributed by atoms with Crippen LogP contribution in [0.1, 0.15) is 20.1 Å². The van der Waals surface area contributed by atoms with E-state index in [0.29, 0.717) is 6.54 Å². The molecule has 0 aliphatic rings. The van der Waals surface area contributed by atoms with Gasteiger partial charge in [0, 0.05) is 21.4 Å². The fourth-order valence-corrected chi connectivity index (χ4v) is 2.91. The number of nitrogens with one attached hydrogen (secondary N) is 1. The molecule has 8 heteroatoms. The average Bonchev–Trinajstić information content (AvgIpc) is 2.84. The second-order valence-electron chi connectivity index (χ2n) is 4.24. The van der Waals surface area contributed by atoms with Crippen LogP contribution in [0.2, 0.25) is 10.0 Å². The van der Waals surface area contributed by atoms with Crippen molar-refractivity contribution >= 4 is 46.1 Å². The van der Waals surface area contributed by atoms with Crippen LogP contribution in [-0.2, 0) is 6.54 Å². The lowest BCUT2D eigenvalue weighted by molar-refractivity contribution is -0.384. The first-order valence-corrected chi connectivity index (χ1v) is 7.42. The highest BCUT2D eigenvalue weighted by atomic mass is 35.5. The lowest BCUT2D eigenvalue weighted by Gasteiger charge is -2.05. The molecule has 1 aromatic heterocycles. The highest BCUT2D eigenvalue weighted by Crippen LogP contribution is 2.33. The summed E-state index contributed by atoms with van der Waals surface area (Å²) >= 11 is 13.1. The monoisotopic (exact) mass is 344 g/mol. The molecule has 2 rings (SSSR count). The Morgan fingerprint density at radius 1 is 1.38 bits per heavy atom. The number of aryl methyl sites for hydroxylation is 1. The van der Waals surface area contributed by atoms with Gasteiger partial charge in [-0.1, -0.05) is 23.2 Å². The van der Waals surface area contributed by atoms with E-state index in [1.54, 1.807) is 11.3 Å². The molecule has 0 bridgehead atoms. The van der Waals surface area contributed by atoms with E-state index < -0.39 is 10.8 Å². The molecule has 2 aromatic rings. The average molecular weight is 345 g/mol. The van der Waals surface area contributed by atoms with Crippen LogP contribution < -0.4 is 5.32 Å². The van der Waals surface area contributed by atoms with Gasteiger partial charge in [0.05, 0.1) is 16.5 Å². The van der Waals surface area contributed by atoms with Crippen molar-refractivity contribution in [3.05, 3.63) is 59.7 Å². The van der Waals surface area contributed by atoms with Gasteiger partial charge in [-0.2, -0.15) is 0 Å². The van der Waals surface area contributed by atoms with Gasteiger partial charge in [-0.15, -0.1) is 11.3 Å². The summed E-state index contributed by atoms with van der Waals surface area (Å²) in [6, 6.07) is 6.29. The maximum Gasteiger partial charge on any atom is 0.290 e. The van der Waals surface area contributed by atoms with E-state index in [0.717, 1.165) is 15.8 Å². The van der Waals surface area contributed by atoms with Crippen molar-refractivity contribution in [3.8, 4) is 0 Å². The Hall–Kier alpha value is -1.63. The quantitative estimate of drug-likeness (QED) is 0.667. The first kappa shape index (κ1) is 15.8. The minimum atomic E-state index is -0.673. The summed E-state index contributed by atoms with van der Waals surface area (Å²) < 4.78 is 0. The Morgan fingerprint density at radius 3 is 2.67 bits per heavy atom. The minimum absolute atomic E-state index is 0.0250. The molecule has 21 heavy (non-hydrogen) atoms. The molecule has 1 amide bonds. The van der Waals surface area contributed by atoms with Gasteiger partial charge in [-0.3, -0.25) is 14.9 Å². The first-order valence-electron chi connectivity index (χ1n) is 5.85. The highest BCUT2D eigenvalue weighted by Gasteiger charge is 2.20. The van der Waals surface area contributed by atoms with Crippen molar-refractivity contribution < 1.29 is 9.72 Å². The smallest absolute Gasteiger partial charge is 0.290 e. The number of thiophene rings is 1. The Labute approximate surface area is 134 Å². The number of hydrogen-bond donors (Lipinski definition) is 1. The number of carbonyl (C=O) groups is 1. The summed E-state index contributed by atoms with van der Waals surface area (Å²) in [4.78, 5) is 24.4. The zero-order valence-corrected chi connectivity index (χ0v) is 13.2. The molecule has 0 spiro atoms. The number of halogens is 2. The number of amides is 1. The first-order chi connectivity index (χ1) is 9.88. The Kier molecular flexibility index (Phi) is 4.82. The summed E-state index contributed by atoms with van der Waals surface area (Å²) in [7, 11) is 0. The summed E-state index contributed by atoms with van der Waals surface area (Å²) in [5.41, 5.74) is -0.286. The van der Waals surface area contributed by atoms with Gasteiger partial charge in [-0.05, 0) is 25.1 Å². The van der Waals surface area contributed by atoms with Crippen LogP contribution in [0, 0.1) is 17.0 Å². The number of nitrogens with zero attached hydrogens (tertiary/aromatic N) is 1. The Balaban J connectivity index is 2.17. The molecule has 0 fully saturated rings. The molecule has 0 atom stereocenters. The number of nitro benzene ring substituents is 1. The van der Waals surface area contributed by atoms with Crippen molar-refractivity contribution in [1.29, 1.82) is 0 Å². The van der Waals surface area contributed by atoms with Crippen molar-refractivity contribution in [1.82, 2.24) is 5.32 Å². The van der Waals surface area contributed by atoms with Crippen LogP contribution in [0.4, 0.5) is 5.69 Å². The van der Waals surface area contributed by atoms with Crippen LogP contribution >= 0.6 is 34.5 Å². The molecule has 1 N–H and O–H groups in total. The van der Waals surface area contributed by atoms with Crippen molar-refractivity contribution in [3.63, 3.8) is 0 Å². The van der Waals surface area contributed by atoms with Gasteiger partial charge in [0.1, 0.15) is 5.02 Å². The molecule has 1 heterocycles. The standard InChI is InChI=1S/C13H10Cl2N2O3S/c1-7-2-3-9(21-7)6-16-13(18)8-4-10(14)12(15)11(5-8)17(19)20/h2-5H,6H2,1H3,(H,16,18). The van der Waals surface area contributed by atoms with E-state index >= 15 is 0 Å². The lowest BCUT2D eigenvalue weighted by Crippen LogP contribution is -2.22. The molecule has 0 aliphatic carbocycles.